The highest BCUT2D eigenvalue weighted by Crippen LogP contribution is 2.16. The molecule has 0 spiro atoms. The van der Waals surface area contributed by atoms with Gasteiger partial charge in [-0.1, -0.05) is 12.1 Å². The topological polar surface area (TPSA) is 102 Å². The van der Waals surface area contributed by atoms with E-state index in [1.54, 1.807) is 39.0 Å². The fourth-order valence-corrected chi connectivity index (χ4v) is 2.82. The molecule has 0 saturated heterocycles. The molecule has 1 atom stereocenters. The second kappa shape index (κ2) is 9.31. The monoisotopic (exact) mass is 369 g/mol. The molecule has 0 saturated carbocycles. The summed E-state index contributed by atoms with van der Waals surface area (Å²) in [6.07, 6.45) is -0.770. The van der Waals surface area contributed by atoms with Crippen LogP contribution in [0.4, 0.5) is 4.79 Å². The predicted molar refractivity (Wildman–Crippen MR) is 94.7 cm³/mol. The SMILES string of the molecule is COC(=O)c1cccc(CSCC(NC(=O)OC(C)(C)C)C(=O)O)c1. The number of thioether (sulfide) groups is 1. The Morgan fingerprint density at radius 1 is 1.28 bits per heavy atom. The number of ether oxygens (including phenoxy) is 2. The molecule has 0 aliphatic rings. The molecule has 0 bridgehead atoms. The summed E-state index contributed by atoms with van der Waals surface area (Å²) in [5.41, 5.74) is 0.589. The van der Waals surface area contributed by atoms with Crippen LogP contribution in [0.2, 0.25) is 0 Å². The van der Waals surface area contributed by atoms with Crippen molar-refractivity contribution in [2.45, 2.75) is 38.2 Å². The number of nitrogens with one attached hydrogen (secondary N) is 1. The summed E-state index contributed by atoms with van der Waals surface area (Å²) >= 11 is 1.33. The molecule has 0 aliphatic carbocycles. The summed E-state index contributed by atoms with van der Waals surface area (Å²) < 4.78 is 9.73. The summed E-state index contributed by atoms with van der Waals surface area (Å²) in [6, 6.07) is 5.83. The first kappa shape index (κ1) is 20.8. The van der Waals surface area contributed by atoms with Gasteiger partial charge in [0.2, 0.25) is 0 Å². The zero-order chi connectivity index (χ0) is 19.0. The van der Waals surface area contributed by atoms with Crippen molar-refractivity contribution in [3.8, 4) is 0 Å². The maximum atomic E-state index is 11.7. The van der Waals surface area contributed by atoms with Crippen LogP contribution in [-0.4, -0.2) is 47.6 Å². The highest BCUT2D eigenvalue weighted by molar-refractivity contribution is 7.98. The molecule has 0 radical (unpaired) electrons. The number of hydrogen-bond acceptors (Lipinski definition) is 6. The molecular weight excluding hydrogens is 346 g/mol. The number of benzene rings is 1. The number of carbonyl (C=O) groups is 3. The zero-order valence-corrected chi connectivity index (χ0v) is 15.5. The standard InChI is InChI=1S/C17H23NO6S/c1-17(2,3)24-16(22)18-13(14(19)20)10-25-9-11-6-5-7-12(8-11)15(21)23-4/h5-8,13H,9-10H2,1-4H3,(H,18,22)(H,19,20). The number of methoxy groups -OCH3 is 1. The van der Waals surface area contributed by atoms with E-state index < -0.39 is 29.7 Å². The highest BCUT2D eigenvalue weighted by Gasteiger charge is 2.23. The van der Waals surface area contributed by atoms with Gasteiger partial charge in [0.15, 0.2) is 0 Å². The lowest BCUT2D eigenvalue weighted by atomic mass is 10.1. The van der Waals surface area contributed by atoms with E-state index in [1.807, 2.05) is 6.07 Å². The molecule has 0 fully saturated rings. The van der Waals surface area contributed by atoms with Gasteiger partial charge >= 0.3 is 18.0 Å². The highest BCUT2D eigenvalue weighted by atomic mass is 32.2. The van der Waals surface area contributed by atoms with E-state index in [9.17, 15) is 19.5 Å². The lowest BCUT2D eigenvalue weighted by Gasteiger charge is -2.21. The van der Waals surface area contributed by atoms with E-state index in [0.717, 1.165) is 5.56 Å². The smallest absolute Gasteiger partial charge is 0.408 e. The number of carboxylic acids is 1. The van der Waals surface area contributed by atoms with Crippen molar-refractivity contribution < 1.29 is 29.0 Å². The molecule has 25 heavy (non-hydrogen) atoms. The van der Waals surface area contributed by atoms with E-state index in [-0.39, 0.29) is 5.75 Å². The van der Waals surface area contributed by atoms with Crippen LogP contribution >= 0.6 is 11.8 Å². The lowest BCUT2D eigenvalue weighted by molar-refractivity contribution is -0.138. The van der Waals surface area contributed by atoms with Crippen LogP contribution in [0.15, 0.2) is 24.3 Å². The van der Waals surface area contributed by atoms with Crippen LogP contribution < -0.4 is 5.32 Å². The first-order valence-electron chi connectivity index (χ1n) is 7.59. The molecular formula is C17H23NO6S. The lowest BCUT2D eigenvalue weighted by Crippen LogP contribution is -2.44. The third kappa shape index (κ3) is 7.93. The van der Waals surface area contributed by atoms with Gasteiger partial charge in [0.05, 0.1) is 12.7 Å². The number of aliphatic carboxylic acids is 1. The van der Waals surface area contributed by atoms with E-state index in [0.29, 0.717) is 11.3 Å². The van der Waals surface area contributed by atoms with Crippen molar-refractivity contribution >= 4 is 29.8 Å². The van der Waals surface area contributed by atoms with Crippen LogP contribution in [0.5, 0.6) is 0 Å². The second-order valence-corrected chi connectivity index (χ2v) is 7.27. The Hall–Kier alpha value is -2.22. The predicted octanol–water partition coefficient (Wildman–Crippen LogP) is 2.68. The van der Waals surface area contributed by atoms with Gasteiger partial charge in [-0.25, -0.2) is 14.4 Å². The Morgan fingerprint density at radius 2 is 1.96 bits per heavy atom. The fraction of sp³-hybridized carbons (Fsp3) is 0.471. The second-order valence-electron chi connectivity index (χ2n) is 6.24. The van der Waals surface area contributed by atoms with Gasteiger partial charge in [-0.05, 0) is 38.5 Å². The van der Waals surface area contributed by atoms with E-state index >= 15 is 0 Å². The van der Waals surface area contributed by atoms with Gasteiger partial charge in [0, 0.05) is 11.5 Å². The van der Waals surface area contributed by atoms with Crippen molar-refractivity contribution in [3.05, 3.63) is 35.4 Å². The maximum absolute atomic E-state index is 11.7. The molecule has 1 amide bonds. The fourth-order valence-electron chi connectivity index (χ4n) is 1.83. The van der Waals surface area contributed by atoms with E-state index in [1.165, 1.54) is 18.9 Å². The van der Waals surface area contributed by atoms with Crippen molar-refractivity contribution in [2.24, 2.45) is 0 Å². The largest absolute Gasteiger partial charge is 0.480 e. The minimum Gasteiger partial charge on any atom is -0.480 e. The van der Waals surface area contributed by atoms with Crippen molar-refractivity contribution in [1.82, 2.24) is 5.32 Å². The average Bonchev–Trinajstić information content (AvgIpc) is 2.51. The Bertz CT molecular complexity index is 626. The van der Waals surface area contributed by atoms with Crippen molar-refractivity contribution in [1.29, 1.82) is 0 Å². The summed E-state index contributed by atoms with van der Waals surface area (Å²) in [5, 5.41) is 11.6. The van der Waals surface area contributed by atoms with Crippen LogP contribution in [0.1, 0.15) is 36.7 Å². The van der Waals surface area contributed by atoms with E-state index in [4.69, 9.17) is 4.74 Å². The van der Waals surface area contributed by atoms with Crippen LogP contribution in [0, 0.1) is 0 Å². The number of hydrogen-bond donors (Lipinski definition) is 2. The minimum absolute atomic E-state index is 0.164. The van der Waals surface area contributed by atoms with Crippen molar-refractivity contribution in [3.63, 3.8) is 0 Å². The molecule has 8 heteroatoms. The van der Waals surface area contributed by atoms with Gasteiger partial charge in [-0.15, -0.1) is 0 Å². The minimum atomic E-state index is -1.14. The third-order valence-corrected chi connectivity index (χ3v) is 4.00. The first-order valence-corrected chi connectivity index (χ1v) is 8.75. The normalized spacial score (nSPS) is 12.2. The Labute approximate surface area is 151 Å². The Kier molecular flexibility index (Phi) is 7.76. The van der Waals surface area contributed by atoms with Gasteiger partial charge in [0.25, 0.3) is 0 Å². The molecule has 138 valence electrons. The van der Waals surface area contributed by atoms with Crippen LogP contribution in [0.3, 0.4) is 0 Å². The van der Waals surface area contributed by atoms with E-state index in [2.05, 4.69) is 10.1 Å². The molecule has 1 rings (SSSR count). The third-order valence-electron chi connectivity index (χ3n) is 2.89. The van der Waals surface area contributed by atoms with Gasteiger partial charge < -0.3 is 19.9 Å². The molecule has 7 nitrogen and oxygen atoms in total. The van der Waals surface area contributed by atoms with Gasteiger partial charge in [0.1, 0.15) is 11.6 Å². The number of carbonyl (C=O) groups excluding carboxylic acids is 2. The Morgan fingerprint density at radius 3 is 2.52 bits per heavy atom. The molecule has 0 heterocycles. The molecule has 1 aromatic rings. The molecule has 0 aliphatic heterocycles. The number of alkyl carbamates (subject to hydrolysis) is 1. The number of carboxylic acid groups (broad SMARTS) is 1. The number of amides is 1. The molecule has 1 unspecified atom stereocenters. The molecule has 2 N–H and O–H groups in total. The zero-order valence-electron chi connectivity index (χ0n) is 14.7. The summed E-state index contributed by atoms with van der Waals surface area (Å²) in [6.45, 7) is 5.10. The number of esters is 1. The Balaban J connectivity index is 2.57. The number of rotatable bonds is 7. The first-order chi connectivity index (χ1) is 11.6. The van der Waals surface area contributed by atoms with Crippen molar-refractivity contribution in [2.75, 3.05) is 12.9 Å². The molecule has 0 aromatic heterocycles. The van der Waals surface area contributed by atoms with Crippen LogP contribution in [-0.2, 0) is 20.0 Å². The average molecular weight is 369 g/mol. The van der Waals surface area contributed by atoms with Gasteiger partial charge in [-0.3, -0.25) is 0 Å². The summed E-state index contributed by atoms with van der Waals surface area (Å²) in [5.74, 6) is -0.912. The summed E-state index contributed by atoms with van der Waals surface area (Å²) in [7, 11) is 1.31. The maximum Gasteiger partial charge on any atom is 0.408 e. The molecule has 1 aromatic carbocycles. The van der Waals surface area contributed by atoms with Crippen LogP contribution in [0.25, 0.3) is 0 Å². The quantitative estimate of drug-likeness (QED) is 0.712. The summed E-state index contributed by atoms with van der Waals surface area (Å²) in [4.78, 5) is 34.5. The van der Waals surface area contributed by atoms with Gasteiger partial charge in [-0.2, -0.15) is 11.8 Å².